The highest BCUT2D eigenvalue weighted by molar-refractivity contribution is 6.45. The van der Waals surface area contributed by atoms with E-state index < -0.39 is 14.6 Å². The van der Waals surface area contributed by atoms with Crippen LogP contribution in [-0.4, -0.2) is 9.91 Å². The van der Waals surface area contributed by atoms with Gasteiger partial charge in [0.25, 0.3) is 5.69 Å². The molecule has 8 heteroatoms. The Hall–Kier alpha value is -0.290. The number of aromatic nitrogens is 1. The van der Waals surface area contributed by atoms with Crippen molar-refractivity contribution in [3.05, 3.63) is 33.6 Å². The third-order valence-corrected chi connectivity index (χ3v) is 2.51. The zero-order valence-electron chi connectivity index (χ0n) is 7.03. The van der Waals surface area contributed by atoms with E-state index in [0.29, 0.717) is 0 Å². The Labute approximate surface area is 105 Å². The molecule has 0 saturated carbocycles. The summed E-state index contributed by atoms with van der Waals surface area (Å²) in [6.45, 7) is 0. The number of hydrogen-bond donors (Lipinski definition) is 0. The minimum Gasteiger partial charge on any atom is -0.258 e. The molecule has 0 unspecified atom stereocenters. The number of nitrogens with zero attached hydrogens (tertiary/aromatic N) is 2. The van der Waals surface area contributed by atoms with E-state index in [1.807, 2.05) is 0 Å². The molecule has 1 heterocycles. The van der Waals surface area contributed by atoms with Crippen molar-refractivity contribution in [1.82, 2.24) is 4.98 Å². The molecule has 0 aliphatic rings. The van der Waals surface area contributed by atoms with Crippen LogP contribution in [0.2, 0.25) is 0 Å². The van der Waals surface area contributed by atoms with Crippen LogP contribution in [0, 0.1) is 10.1 Å². The molecule has 1 aromatic heterocycles. The summed E-state index contributed by atoms with van der Waals surface area (Å²) in [5, 5.41) is 10.6. The Kier molecular flexibility index (Phi) is 4.40. The van der Waals surface area contributed by atoms with Gasteiger partial charge in [-0.2, -0.15) is 0 Å². The molecular formula is C7H4Cl4N2O2. The van der Waals surface area contributed by atoms with Gasteiger partial charge in [-0.3, -0.25) is 15.1 Å². The molecule has 0 aliphatic heterocycles. The average molecular weight is 290 g/mol. The lowest BCUT2D eigenvalue weighted by Gasteiger charge is -2.06. The van der Waals surface area contributed by atoms with E-state index >= 15 is 0 Å². The maximum absolute atomic E-state index is 10.6. The van der Waals surface area contributed by atoms with Crippen molar-refractivity contribution in [3.8, 4) is 0 Å². The Balaban J connectivity index is 3.27. The van der Waals surface area contributed by atoms with Gasteiger partial charge in [0.1, 0.15) is 15.9 Å². The maximum atomic E-state index is 10.6. The normalized spacial score (nSPS) is 11.1. The number of nitro groups is 1. The second kappa shape index (κ2) is 5.16. The number of hydrogen-bond acceptors (Lipinski definition) is 3. The zero-order valence-corrected chi connectivity index (χ0v) is 10.1. The first-order valence-electron chi connectivity index (χ1n) is 3.64. The summed E-state index contributed by atoms with van der Waals surface area (Å²) in [6, 6.07) is 1.31. The maximum Gasteiger partial charge on any atom is 0.293 e. The van der Waals surface area contributed by atoms with Crippen LogP contribution in [0.1, 0.15) is 20.9 Å². The summed E-state index contributed by atoms with van der Waals surface area (Å²) >= 11 is 22.3. The second-order valence-electron chi connectivity index (χ2n) is 2.53. The summed E-state index contributed by atoms with van der Waals surface area (Å²) in [4.78, 5) is 11.8. The highest BCUT2D eigenvalue weighted by Crippen LogP contribution is 2.35. The van der Waals surface area contributed by atoms with Gasteiger partial charge in [0, 0.05) is 0 Å². The van der Waals surface area contributed by atoms with Crippen molar-refractivity contribution < 1.29 is 4.92 Å². The van der Waals surface area contributed by atoms with Gasteiger partial charge in [0.2, 0.25) is 0 Å². The van der Waals surface area contributed by atoms with Gasteiger partial charge >= 0.3 is 0 Å². The largest absolute Gasteiger partial charge is 0.293 e. The third-order valence-electron chi connectivity index (χ3n) is 1.59. The molecule has 0 spiro atoms. The molecule has 0 bridgehead atoms. The van der Waals surface area contributed by atoms with Crippen LogP contribution in [-0.2, 0) is 0 Å². The molecule has 0 N–H and O–H groups in total. The lowest BCUT2D eigenvalue weighted by atomic mass is 10.2. The quantitative estimate of drug-likeness (QED) is 0.481. The molecule has 0 fully saturated rings. The monoisotopic (exact) mass is 288 g/mol. The number of halogens is 4. The van der Waals surface area contributed by atoms with E-state index in [1.54, 1.807) is 0 Å². The van der Waals surface area contributed by atoms with Crippen molar-refractivity contribution in [3.63, 3.8) is 0 Å². The average Bonchev–Trinajstić information content (AvgIpc) is 2.16. The highest BCUT2D eigenvalue weighted by Gasteiger charge is 2.21. The van der Waals surface area contributed by atoms with E-state index in [4.69, 9.17) is 46.4 Å². The van der Waals surface area contributed by atoms with Gasteiger partial charge in [-0.05, 0) is 6.07 Å². The Bertz CT molecular complexity index is 383. The topological polar surface area (TPSA) is 56.0 Å². The summed E-state index contributed by atoms with van der Waals surface area (Å²) in [5.41, 5.74) is 0.132. The van der Waals surface area contributed by atoms with E-state index in [-0.39, 0.29) is 16.9 Å². The van der Waals surface area contributed by atoms with E-state index in [1.165, 1.54) is 6.07 Å². The lowest BCUT2D eigenvalue weighted by molar-refractivity contribution is -0.385. The van der Waals surface area contributed by atoms with Crippen LogP contribution in [0.5, 0.6) is 0 Å². The van der Waals surface area contributed by atoms with Gasteiger partial charge < -0.3 is 0 Å². The van der Waals surface area contributed by atoms with E-state index in [0.717, 1.165) is 6.20 Å². The lowest BCUT2D eigenvalue weighted by Crippen LogP contribution is -1.99. The molecule has 82 valence electrons. The van der Waals surface area contributed by atoms with Crippen LogP contribution < -0.4 is 0 Å². The Morgan fingerprint density at radius 3 is 2.27 bits per heavy atom. The van der Waals surface area contributed by atoms with Gasteiger partial charge in [0.15, 0.2) is 0 Å². The van der Waals surface area contributed by atoms with Crippen LogP contribution in [0.4, 0.5) is 5.69 Å². The molecule has 1 rings (SSSR count). The minimum atomic E-state index is -1.03. The molecule has 0 radical (unpaired) electrons. The molecule has 0 aliphatic carbocycles. The molecular weight excluding hydrogens is 286 g/mol. The molecule has 0 aromatic carbocycles. The standard InChI is InChI=1S/C7H4Cl4N2O2/c8-6(9)3-1-4(7(10)11)12-2-5(3)13(14)15/h1-2,6-7H. The fourth-order valence-electron chi connectivity index (χ4n) is 0.927. The highest BCUT2D eigenvalue weighted by atomic mass is 35.5. The van der Waals surface area contributed by atoms with Crippen molar-refractivity contribution in [1.29, 1.82) is 0 Å². The van der Waals surface area contributed by atoms with Gasteiger partial charge in [-0.15, -0.1) is 0 Å². The number of pyridine rings is 1. The summed E-state index contributed by atoms with van der Waals surface area (Å²) in [5.74, 6) is 0. The van der Waals surface area contributed by atoms with Crippen molar-refractivity contribution in [2.75, 3.05) is 0 Å². The Morgan fingerprint density at radius 1 is 1.27 bits per heavy atom. The third kappa shape index (κ3) is 3.08. The van der Waals surface area contributed by atoms with Gasteiger partial charge in [-0.25, -0.2) is 0 Å². The Morgan fingerprint density at radius 2 is 1.87 bits per heavy atom. The first kappa shape index (κ1) is 12.8. The van der Waals surface area contributed by atoms with Crippen molar-refractivity contribution in [2.24, 2.45) is 0 Å². The van der Waals surface area contributed by atoms with Gasteiger partial charge in [0.05, 0.1) is 16.2 Å². The molecule has 0 amide bonds. The predicted octanol–water partition coefficient (Wildman–Crippen LogP) is 3.94. The van der Waals surface area contributed by atoms with Crippen LogP contribution in [0.15, 0.2) is 12.3 Å². The minimum absolute atomic E-state index is 0.125. The van der Waals surface area contributed by atoms with Crippen molar-refractivity contribution >= 4 is 52.1 Å². The van der Waals surface area contributed by atoms with Crippen molar-refractivity contribution in [2.45, 2.75) is 9.67 Å². The smallest absolute Gasteiger partial charge is 0.258 e. The number of alkyl halides is 4. The first-order chi connectivity index (χ1) is 6.93. The fraction of sp³-hybridized carbons (Fsp3) is 0.286. The summed E-state index contributed by atoms with van der Waals surface area (Å²) < 4.78 is 0. The molecule has 4 nitrogen and oxygen atoms in total. The zero-order chi connectivity index (χ0) is 11.6. The molecule has 15 heavy (non-hydrogen) atoms. The first-order valence-corrected chi connectivity index (χ1v) is 5.38. The predicted molar refractivity (Wildman–Crippen MR) is 59.8 cm³/mol. The van der Waals surface area contributed by atoms with E-state index in [2.05, 4.69) is 4.98 Å². The summed E-state index contributed by atoms with van der Waals surface area (Å²) in [6.07, 6.45) is 1.03. The number of rotatable bonds is 3. The second-order valence-corrected chi connectivity index (χ2v) is 4.72. The molecule has 1 aromatic rings. The van der Waals surface area contributed by atoms with Gasteiger partial charge in [-0.1, -0.05) is 46.4 Å². The summed E-state index contributed by atoms with van der Waals surface area (Å²) in [7, 11) is 0. The van der Waals surface area contributed by atoms with Crippen LogP contribution in [0.3, 0.4) is 0 Å². The fourth-order valence-corrected chi connectivity index (χ4v) is 1.52. The SMILES string of the molecule is O=[N+]([O-])c1cnc(C(Cl)Cl)cc1C(Cl)Cl. The van der Waals surface area contributed by atoms with E-state index in [9.17, 15) is 10.1 Å². The van der Waals surface area contributed by atoms with Crippen LogP contribution >= 0.6 is 46.4 Å². The van der Waals surface area contributed by atoms with Crippen LogP contribution in [0.25, 0.3) is 0 Å². The molecule has 0 saturated heterocycles. The molecule has 0 atom stereocenters.